The summed E-state index contributed by atoms with van der Waals surface area (Å²) in [6.45, 7) is 2.31. The fourth-order valence-electron chi connectivity index (χ4n) is 4.15. The Hall–Kier alpha value is -2.33. The van der Waals surface area contributed by atoms with Gasteiger partial charge in [-0.05, 0) is 85.7 Å². The van der Waals surface area contributed by atoms with Crippen molar-refractivity contribution in [1.29, 1.82) is 0 Å². The number of carbonyl (C=O) groups excluding carboxylic acids is 1. The summed E-state index contributed by atoms with van der Waals surface area (Å²) in [5.41, 5.74) is 2.73. The second-order valence-corrected chi connectivity index (χ2v) is 9.75. The minimum atomic E-state index is -0.538. The van der Waals surface area contributed by atoms with E-state index in [0.29, 0.717) is 49.3 Å². The third kappa shape index (κ3) is 4.75. The van der Waals surface area contributed by atoms with E-state index >= 15 is 0 Å². The van der Waals surface area contributed by atoms with Crippen molar-refractivity contribution in [2.75, 3.05) is 20.7 Å². The van der Waals surface area contributed by atoms with Crippen LogP contribution in [-0.4, -0.2) is 55.4 Å². The molecule has 7 nitrogen and oxygen atoms in total. The van der Waals surface area contributed by atoms with Gasteiger partial charge in [0.05, 0.1) is 44.0 Å². The van der Waals surface area contributed by atoms with Crippen molar-refractivity contribution < 1.29 is 24.0 Å². The highest BCUT2D eigenvalue weighted by Crippen LogP contribution is 2.46. The Labute approximate surface area is 215 Å². The topological polar surface area (TPSA) is 92.0 Å². The number of aromatic hydroxyl groups is 2. The van der Waals surface area contributed by atoms with Gasteiger partial charge in [-0.15, -0.1) is 12.4 Å². The number of phenolic OH excluding ortho intramolecular Hbond substituents is 2. The SMILES string of the molecule is CCOC(=O)c1c(C(=S=O)c2ccc(O)cc2)n(C2CC2)c2cc(Br)c(O)c(CN(C)C)c12.Cl. The number of phenols is 2. The maximum absolute atomic E-state index is 13.4. The molecule has 1 saturated carbocycles. The van der Waals surface area contributed by atoms with Gasteiger partial charge in [0.1, 0.15) is 11.5 Å². The molecule has 182 valence electrons. The summed E-state index contributed by atoms with van der Waals surface area (Å²) in [4.78, 5) is 15.7. The van der Waals surface area contributed by atoms with Gasteiger partial charge >= 0.3 is 5.97 Å². The van der Waals surface area contributed by atoms with Crippen LogP contribution in [-0.2, 0) is 22.5 Å². The highest BCUT2D eigenvalue weighted by atomic mass is 79.9. The van der Waals surface area contributed by atoms with Crippen LogP contribution in [0.25, 0.3) is 10.9 Å². The second-order valence-electron chi connectivity index (χ2n) is 8.32. The lowest BCUT2D eigenvalue weighted by atomic mass is 10.0. The molecule has 0 saturated heterocycles. The average Bonchev–Trinajstić information content (AvgIpc) is 3.55. The number of esters is 1. The summed E-state index contributed by atoms with van der Waals surface area (Å²) in [5.74, 6) is -0.393. The van der Waals surface area contributed by atoms with Gasteiger partial charge in [-0.3, -0.25) is 0 Å². The molecular formula is C24H26BrClN2O5S. The molecule has 1 heterocycles. The van der Waals surface area contributed by atoms with Gasteiger partial charge in [0.25, 0.3) is 0 Å². The summed E-state index contributed by atoms with van der Waals surface area (Å²) >= 11 is 3.78. The number of hydrogen-bond donors (Lipinski definition) is 2. The zero-order valence-electron chi connectivity index (χ0n) is 19.0. The van der Waals surface area contributed by atoms with E-state index in [2.05, 4.69) is 15.9 Å². The van der Waals surface area contributed by atoms with E-state index in [9.17, 15) is 19.2 Å². The molecule has 4 rings (SSSR count). The zero-order chi connectivity index (χ0) is 23.9. The maximum Gasteiger partial charge on any atom is 0.341 e. The van der Waals surface area contributed by atoms with Gasteiger partial charge in [-0.25, -0.2) is 9.00 Å². The first-order valence-corrected chi connectivity index (χ1v) is 12.2. The second kappa shape index (κ2) is 10.5. The first-order valence-electron chi connectivity index (χ1n) is 10.6. The highest BCUT2D eigenvalue weighted by molar-refractivity contribution is 9.10. The molecule has 34 heavy (non-hydrogen) atoms. The van der Waals surface area contributed by atoms with Gasteiger partial charge in [0, 0.05) is 23.5 Å². The minimum absolute atomic E-state index is 0. The van der Waals surface area contributed by atoms with Crippen molar-refractivity contribution in [3.63, 3.8) is 0 Å². The molecule has 3 aromatic rings. The van der Waals surface area contributed by atoms with Crippen LogP contribution in [0.4, 0.5) is 0 Å². The van der Waals surface area contributed by atoms with Gasteiger partial charge in [0.15, 0.2) is 0 Å². The first-order chi connectivity index (χ1) is 15.8. The molecule has 0 radical (unpaired) electrons. The van der Waals surface area contributed by atoms with Crippen LogP contribution in [0.3, 0.4) is 0 Å². The summed E-state index contributed by atoms with van der Waals surface area (Å²) in [6.07, 6.45) is 1.85. The number of benzene rings is 2. The molecule has 1 aliphatic rings. The Kier molecular flexibility index (Phi) is 8.13. The molecule has 0 amide bonds. The molecule has 0 aliphatic heterocycles. The third-order valence-electron chi connectivity index (χ3n) is 5.61. The highest BCUT2D eigenvalue weighted by Gasteiger charge is 2.36. The lowest BCUT2D eigenvalue weighted by Crippen LogP contribution is -2.17. The van der Waals surface area contributed by atoms with E-state index < -0.39 is 5.97 Å². The third-order valence-corrected chi connectivity index (χ3v) is 6.81. The molecule has 0 bridgehead atoms. The molecule has 0 atom stereocenters. The number of carbonyl (C=O) groups is 1. The number of rotatable bonds is 7. The average molecular weight is 570 g/mol. The Morgan fingerprint density at radius 1 is 1.24 bits per heavy atom. The molecule has 0 spiro atoms. The predicted octanol–water partition coefficient (Wildman–Crippen LogP) is 4.59. The number of halogens is 2. The molecule has 2 N–H and O–H groups in total. The number of fused-ring (bicyclic) bond motifs is 1. The molecule has 0 unspecified atom stereocenters. The van der Waals surface area contributed by atoms with E-state index in [-0.39, 0.29) is 42.1 Å². The minimum Gasteiger partial charge on any atom is -0.508 e. The van der Waals surface area contributed by atoms with Crippen molar-refractivity contribution in [1.82, 2.24) is 9.47 Å². The summed E-state index contributed by atoms with van der Waals surface area (Å²) in [7, 11) is 3.77. The molecule has 2 aromatic carbocycles. The van der Waals surface area contributed by atoms with Gasteiger partial charge in [-0.2, -0.15) is 0 Å². The molecule has 10 heteroatoms. The van der Waals surface area contributed by atoms with Crippen LogP contribution >= 0.6 is 28.3 Å². The number of ether oxygens (including phenoxy) is 1. The van der Waals surface area contributed by atoms with Crippen LogP contribution in [0.2, 0.25) is 0 Å². The van der Waals surface area contributed by atoms with E-state index in [4.69, 9.17) is 4.74 Å². The fourth-order valence-corrected chi connectivity index (χ4v) is 5.12. The van der Waals surface area contributed by atoms with Crippen LogP contribution in [0, 0.1) is 0 Å². The van der Waals surface area contributed by atoms with Crippen LogP contribution in [0.15, 0.2) is 34.8 Å². The number of aromatic nitrogens is 1. The van der Waals surface area contributed by atoms with E-state index in [1.807, 2.05) is 23.6 Å². The normalized spacial score (nSPS) is 13.1. The Morgan fingerprint density at radius 2 is 1.88 bits per heavy atom. The van der Waals surface area contributed by atoms with Crippen molar-refractivity contribution >= 4 is 61.3 Å². The van der Waals surface area contributed by atoms with Crippen LogP contribution < -0.4 is 0 Å². The summed E-state index contributed by atoms with van der Waals surface area (Å²) in [6, 6.07) is 8.28. The number of hydrogen-bond acceptors (Lipinski definition) is 6. The van der Waals surface area contributed by atoms with E-state index in [1.165, 1.54) is 12.1 Å². The van der Waals surface area contributed by atoms with Crippen molar-refractivity contribution in [2.45, 2.75) is 32.4 Å². The Bertz CT molecular complexity index is 1300. The molecule has 1 fully saturated rings. The molecule has 1 aliphatic carbocycles. The smallest absolute Gasteiger partial charge is 0.341 e. The van der Waals surface area contributed by atoms with Crippen molar-refractivity contribution in [3.8, 4) is 11.5 Å². The molecular weight excluding hydrogens is 544 g/mol. The van der Waals surface area contributed by atoms with Crippen LogP contribution in [0.5, 0.6) is 11.5 Å². The Morgan fingerprint density at radius 3 is 2.41 bits per heavy atom. The standard InChI is InChI=1S/C24H25BrN2O5S.ClH/c1-4-32-24(30)20-19-16(12-26(2)3)22(29)17(25)11-18(19)27(14-7-8-14)21(20)23(33-31)13-5-9-15(28)10-6-13;/h5-6,9-11,14,28-29H,4,7-8,12H2,1-3H3;1H. The van der Waals surface area contributed by atoms with E-state index in [1.54, 1.807) is 25.1 Å². The lowest BCUT2D eigenvalue weighted by Gasteiger charge is -2.15. The zero-order valence-corrected chi connectivity index (χ0v) is 22.2. The summed E-state index contributed by atoms with van der Waals surface area (Å²) < 4.78 is 20.5. The fraction of sp³-hybridized carbons (Fsp3) is 0.333. The number of nitrogens with zero attached hydrogens (tertiary/aromatic N) is 2. The van der Waals surface area contributed by atoms with Crippen LogP contribution in [0.1, 0.15) is 53.0 Å². The molecule has 1 aromatic heterocycles. The van der Waals surface area contributed by atoms with Gasteiger partial charge < -0.3 is 24.4 Å². The Balaban J connectivity index is 0.00000324. The predicted molar refractivity (Wildman–Crippen MR) is 140 cm³/mol. The summed E-state index contributed by atoms with van der Waals surface area (Å²) in [5, 5.41) is 21.3. The van der Waals surface area contributed by atoms with Crippen molar-refractivity contribution in [2.24, 2.45) is 0 Å². The first kappa shape index (κ1) is 26.3. The van der Waals surface area contributed by atoms with Gasteiger partial charge in [0.2, 0.25) is 0 Å². The van der Waals surface area contributed by atoms with E-state index in [0.717, 1.165) is 18.4 Å². The maximum atomic E-state index is 13.4. The van der Waals surface area contributed by atoms with Gasteiger partial charge in [-0.1, -0.05) is 0 Å². The lowest BCUT2D eigenvalue weighted by molar-refractivity contribution is 0.0528. The monoisotopic (exact) mass is 568 g/mol. The van der Waals surface area contributed by atoms with Crippen molar-refractivity contribution in [3.05, 3.63) is 57.2 Å². The largest absolute Gasteiger partial charge is 0.508 e. The quantitative estimate of drug-likeness (QED) is 0.246.